The van der Waals surface area contributed by atoms with E-state index in [0.29, 0.717) is 5.92 Å². The van der Waals surface area contributed by atoms with E-state index in [4.69, 9.17) is 5.73 Å². The molecule has 3 heteroatoms. The van der Waals surface area contributed by atoms with Crippen molar-refractivity contribution in [3.63, 3.8) is 0 Å². The van der Waals surface area contributed by atoms with Gasteiger partial charge in [-0.2, -0.15) is 0 Å². The molecule has 0 saturated heterocycles. The monoisotopic (exact) mass is 212 g/mol. The number of hydrogen-bond acceptors (Lipinski definition) is 2. The summed E-state index contributed by atoms with van der Waals surface area (Å²) in [4.78, 5) is 11.9. The van der Waals surface area contributed by atoms with Gasteiger partial charge in [-0.1, -0.05) is 20.8 Å². The number of hydrogen-bond donors (Lipinski definition) is 2. The zero-order valence-corrected chi connectivity index (χ0v) is 10.6. The minimum absolute atomic E-state index is 0.0283. The van der Waals surface area contributed by atoms with E-state index in [1.807, 2.05) is 20.8 Å². The smallest absolute Gasteiger partial charge is 0.237 e. The number of carbonyl (C=O) groups is 1. The zero-order valence-electron chi connectivity index (χ0n) is 10.6. The normalized spacial score (nSPS) is 19.9. The summed E-state index contributed by atoms with van der Waals surface area (Å²) < 4.78 is 0. The Morgan fingerprint density at radius 3 is 2.07 bits per heavy atom. The van der Waals surface area contributed by atoms with Gasteiger partial charge in [0.1, 0.15) is 0 Å². The maximum absolute atomic E-state index is 11.9. The molecule has 1 saturated carbocycles. The van der Waals surface area contributed by atoms with Crippen LogP contribution in [0.4, 0.5) is 0 Å². The Hall–Kier alpha value is -0.570. The molecule has 88 valence electrons. The van der Waals surface area contributed by atoms with Gasteiger partial charge in [-0.3, -0.25) is 4.79 Å². The Bertz CT molecular complexity index is 249. The molecule has 0 heterocycles. The molecule has 3 N–H and O–H groups in total. The summed E-state index contributed by atoms with van der Waals surface area (Å²) in [6, 6.07) is -0.435. The van der Waals surface area contributed by atoms with Gasteiger partial charge in [0.25, 0.3) is 0 Å². The predicted octanol–water partition coefficient (Wildman–Crippen LogP) is 1.66. The van der Waals surface area contributed by atoms with E-state index in [9.17, 15) is 4.79 Å². The van der Waals surface area contributed by atoms with Crippen LogP contribution in [0.25, 0.3) is 0 Å². The van der Waals surface area contributed by atoms with Crippen molar-refractivity contribution in [2.24, 2.45) is 17.1 Å². The Kier molecular flexibility index (Phi) is 3.15. The lowest BCUT2D eigenvalue weighted by molar-refractivity contribution is -0.126. The van der Waals surface area contributed by atoms with Gasteiger partial charge in [0.15, 0.2) is 0 Å². The summed E-state index contributed by atoms with van der Waals surface area (Å²) in [7, 11) is 0. The minimum atomic E-state index is -0.435. The highest BCUT2D eigenvalue weighted by Crippen LogP contribution is 2.39. The topological polar surface area (TPSA) is 55.1 Å². The molecule has 1 fully saturated rings. The molecule has 0 aromatic heterocycles. The van der Waals surface area contributed by atoms with Crippen LogP contribution in [0.1, 0.15) is 47.5 Å². The van der Waals surface area contributed by atoms with Crippen LogP contribution < -0.4 is 11.1 Å². The van der Waals surface area contributed by atoms with Crippen LogP contribution in [0, 0.1) is 11.3 Å². The van der Waals surface area contributed by atoms with E-state index in [1.54, 1.807) is 0 Å². The van der Waals surface area contributed by atoms with Crippen LogP contribution in [0.5, 0.6) is 0 Å². The lowest BCUT2D eigenvalue weighted by Gasteiger charge is -2.32. The first-order valence-electron chi connectivity index (χ1n) is 5.72. The second kappa shape index (κ2) is 3.78. The van der Waals surface area contributed by atoms with Crippen molar-refractivity contribution in [2.75, 3.05) is 0 Å². The quantitative estimate of drug-likeness (QED) is 0.747. The molecule has 3 nitrogen and oxygen atoms in total. The van der Waals surface area contributed by atoms with Crippen molar-refractivity contribution in [3.8, 4) is 0 Å². The summed E-state index contributed by atoms with van der Waals surface area (Å²) in [5.74, 6) is 0.605. The molecule has 0 aliphatic heterocycles. The molecule has 0 aromatic carbocycles. The minimum Gasteiger partial charge on any atom is -0.350 e. The molecule has 0 radical (unpaired) electrons. The molecule has 0 aromatic rings. The van der Waals surface area contributed by atoms with Crippen LogP contribution in [0.15, 0.2) is 0 Å². The SMILES string of the molecule is CC(C)(C)C(N)C(=O)NC(C)(C)C1CC1. The molecular weight excluding hydrogens is 188 g/mol. The molecule has 1 amide bonds. The highest BCUT2D eigenvalue weighted by atomic mass is 16.2. The second-order valence-corrected chi connectivity index (χ2v) is 6.33. The first-order valence-corrected chi connectivity index (χ1v) is 5.72. The van der Waals surface area contributed by atoms with Gasteiger partial charge in [0.2, 0.25) is 5.91 Å². The number of nitrogens with one attached hydrogen (secondary N) is 1. The van der Waals surface area contributed by atoms with Crippen molar-refractivity contribution in [1.29, 1.82) is 0 Å². The molecule has 1 rings (SSSR count). The lowest BCUT2D eigenvalue weighted by Crippen LogP contribution is -2.55. The largest absolute Gasteiger partial charge is 0.350 e. The average molecular weight is 212 g/mol. The van der Waals surface area contributed by atoms with Gasteiger partial charge in [-0.15, -0.1) is 0 Å². The van der Waals surface area contributed by atoms with Crippen molar-refractivity contribution in [3.05, 3.63) is 0 Å². The van der Waals surface area contributed by atoms with E-state index >= 15 is 0 Å². The Morgan fingerprint density at radius 2 is 1.73 bits per heavy atom. The maximum Gasteiger partial charge on any atom is 0.237 e. The first-order chi connectivity index (χ1) is 6.64. The molecule has 0 bridgehead atoms. The van der Waals surface area contributed by atoms with Crippen LogP contribution in [-0.4, -0.2) is 17.5 Å². The van der Waals surface area contributed by atoms with Gasteiger partial charge in [-0.05, 0) is 38.0 Å². The Morgan fingerprint density at radius 1 is 1.27 bits per heavy atom. The fourth-order valence-electron chi connectivity index (χ4n) is 1.70. The van der Waals surface area contributed by atoms with Crippen LogP contribution in [-0.2, 0) is 4.79 Å². The second-order valence-electron chi connectivity index (χ2n) is 6.33. The standard InChI is InChI=1S/C12H24N2O/c1-11(2,3)9(13)10(15)14-12(4,5)8-6-7-8/h8-9H,6-7,13H2,1-5H3,(H,14,15). The third-order valence-electron chi connectivity index (χ3n) is 3.26. The van der Waals surface area contributed by atoms with Crippen molar-refractivity contribution in [2.45, 2.75) is 59.0 Å². The maximum atomic E-state index is 11.9. The lowest BCUT2D eigenvalue weighted by atomic mass is 9.86. The summed E-state index contributed by atoms with van der Waals surface area (Å²) >= 11 is 0. The summed E-state index contributed by atoms with van der Waals surface area (Å²) in [6.07, 6.45) is 2.44. The van der Waals surface area contributed by atoms with Gasteiger partial charge >= 0.3 is 0 Å². The highest BCUT2D eigenvalue weighted by Gasteiger charge is 2.40. The van der Waals surface area contributed by atoms with Crippen molar-refractivity contribution < 1.29 is 4.79 Å². The van der Waals surface area contributed by atoms with E-state index in [1.165, 1.54) is 12.8 Å². The number of amides is 1. The Balaban J connectivity index is 2.55. The van der Waals surface area contributed by atoms with Crippen molar-refractivity contribution >= 4 is 5.91 Å². The van der Waals surface area contributed by atoms with Gasteiger partial charge in [0, 0.05) is 5.54 Å². The van der Waals surface area contributed by atoms with Gasteiger partial charge < -0.3 is 11.1 Å². The first kappa shape index (κ1) is 12.5. The zero-order chi connectivity index (χ0) is 11.9. The predicted molar refractivity (Wildman–Crippen MR) is 62.4 cm³/mol. The molecule has 1 aliphatic rings. The Labute approximate surface area is 92.8 Å². The molecular formula is C12H24N2O. The van der Waals surface area contributed by atoms with Gasteiger partial charge in [-0.25, -0.2) is 0 Å². The molecule has 1 atom stereocenters. The van der Waals surface area contributed by atoms with Crippen LogP contribution >= 0.6 is 0 Å². The van der Waals surface area contributed by atoms with Gasteiger partial charge in [0.05, 0.1) is 6.04 Å². The number of rotatable bonds is 3. The summed E-state index contributed by atoms with van der Waals surface area (Å²) in [5.41, 5.74) is 5.64. The van der Waals surface area contributed by atoms with E-state index in [2.05, 4.69) is 19.2 Å². The number of nitrogens with two attached hydrogens (primary N) is 1. The summed E-state index contributed by atoms with van der Waals surface area (Å²) in [6.45, 7) is 10.1. The van der Waals surface area contributed by atoms with E-state index in [-0.39, 0.29) is 16.9 Å². The van der Waals surface area contributed by atoms with Crippen LogP contribution in [0.3, 0.4) is 0 Å². The third-order valence-corrected chi connectivity index (χ3v) is 3.26. The fourth-order valence-corrected chi connectivity index (χ4v) is 1.70. The van der Waals surface area contributed by atoms with Crippen molar-refractivity contribution in [1.82, 2.24) is 5.32 Å². The number of carbonyl (C=O) groups excluding carboxylic acids is 1. The third kappa shape index (κ3) is 3.20. The summed E-state index contributed by atoms with van der Waals surface area (Å²) in [5, 5.41) is 3.06. The van der Waals surface area contributed by atoms with E-state index < -0.39 is 6.04 Å². The molecule has 1 unspecified atom stereocenters. The fraction of sp³-hybridized carbons (Fsp3) is 0.917. The molecule has 15 heavy (non-hydrogen) atoms. The molecule has 0 spiro atoms. The highest BCUT2D eigenvalue weighted by molar-refractivity contribution is 5.83. The average Bonchev–Trinajstić information content (AvgIpc) is 2.81. The van der Waals surface area contributed by atoms with Crippen LogP contribution in [0.2, 0.25) is 0 Å². The molecule has 1 aliphatic carbocycles. The van der Waals surface area contributed by atoms with E-state index in [0.717, 1.165) is 0 Å².